The molecule has 3 nitrogen and oxygen atoms in total. The van der Waals surface area contributed by atoms with Crippen molar-refractivity contribution in [3.8, 4) is 0 Å². The van der Waals surface area contributed by atoms with E-state index < -0.39 is 5.82 Å². The van der Waals surface area contributed by atoms with Gasteiger partial charge in [-0.2, -0.15) is 0 Å². The number of nitrogens with one attached hydrogen (secondary N) is 1. The fourth-order valence-electron chi connectivity index (χ4n) is 1.05. The van der Waals surface area contributed by atoms with Gasteiger partial charge in [0.05, 0.1) is 0 Å². The fraction of sp³-hybridized carbons (Fsp3) is 0. The van der Waals surface area contributed by atoms with Gasteiger partial charge in [-0.25, -0.2) is 4.39 Å². The average molecular weight is 164 g/mol. The zero-order chi connectivity index (χ0) is 8.55. The van der Waals surface area contributed by atoms with Crippen molar-refractivity contribution in [1.29, 1.82) is 0 Å². The summed E-state index contributed by atoms with van der Waals surface area (Å²) in [7, 11) is 0. The molecule has 2 aromatic rings. The van der Waals surface area contributed by atoms with Crippen molar-refractivity contribution in [3.05, 3.63) is 40.7 Å². The van der Waals surface area contributed by atoms with Crippen molar-refractivity contribution in [2.24, 2.45) is 0 Å². The first-order chi connectivity index (χ1) is 5.79. The molecule has 0 saturated carbocycles. The van der Waals surface area contributed by atoms with Crippen LogP contribution in [0.25, 0.3) is 10.9 Å². The molecule has 0 spiro atoms. The molecule has 4 heteroatoms. The van der Waals surface area contributed by atoms with E-state index in [2.05, 4.69) is 9.97 Å². The molecule has 2 heterocycles. The Morgan fingerprint density at radius 2 is 2.33 bits per heavy atom. The summed E-state index contributed by atoms with van der Waals surface area (Å²) in [4.78, 5) is 17.1. The monoisotopic (exact) mass is 164 g/mol. The Morgan fingerprint density at radius 1 is 1.50 bits per heavy atom. The molecule has 0 aliphatic rings. The minimum Gasteiger partial charge on any atom is -0.324 e. The van der Waals surface area contributed by atoms with Crippen LogP contribution in [-0.4, -0.2) is 9.97 Å². The summed E-state index contributed by atoms with van der Waals surface area (Å²) in [6, 6.07) is 3.11. The molecule has 60 valence electrons. The number of fused-ring (bicyclic) bond motifs is 1. The summed E-state index contributed by atoms with van der Waals surface area (Å²) < 4.78 is 13.0. The maximum Gasteiger partial charge on any atom is 0.274 e. The van der Waals surface area contributed by atoms with Gasteiger partial charge in [0.2, 0.25) is 0 Å². The van der Waals surface area contributed by atoms with E-state index in [1.807, 2.05) is 0 Å². The second kappa shape index (κ2) is 2.41. The van der Waals surface area contributed by atoms with Crippen LogP contribution < -0.4 is 5.56 Å². The van der Waals surface area contributed by atoms with Crippen molar-refractivity contribution < 1.29 is 4.39 Å². The van der Waals surface area contributed by atoms with Crippen LogP contribution >= 0.6 is 0 Å². The van der Waals surface area contributed by atoms with Gasteiger partial charge in [0, 0.05) is 17.8 Å². The Kier molecular flexibility index (Phi) is 1.40. The molecule has 1 N–H and O–H groups in total. The molecule has 2 aromatic heterocycles. The van der Waals surface area contributed by atoms with Crippen LogP contribution in [0.3, 0.4) is 0 Å². The first kappa shape index (κ1) is 6.97. The molecule has 12 heavy (non-hydrogen) atoms. The molecule has 0 aliphatic carbocycles. The lowest BCUT2D eigenvalue weighted by Gasteiger charge is -1.94. The van der Waals surface area contributed by atoms with Crippen molar-refractivity contribution in [2.75, 3.05) is 0 Å². The van der Waals surface area contributed by atoms with Crippen LogP contribution in [0, 0.1) is 5.82 Å². The van der Waals surface area contributed by atoms with Crippen LogP contribution in [0.4, 0.5) is 4.39 Å². The number of hydrogen-bond acceptors (Lipinski definition) is 2. The molecule has 0 radical (unpaired) electrons. The zero-order valence-corrected chi connectivity index (χ0v) is 6.04. The number of nitrogens with zero attached hydrogens (tertiary/aromatic N) is 1. The lowest BCUT2D eigenvalue weighted by molar-refractivity contribution is 0.632. The third-order valence-corrected chi connectivity index (χ3v) is 1.61. The number of rotatable bonds is 0. The van der Waals surface area contributed by atoms with E-state index in [0.717, 1.165) is 6.20 Å². The third-order valence-electron chi connectivity index (χ3n) is 1.61. The van der Waals surface area contributed by atoms with E-state index in [1.165, 1.54) is 12.3 Å². The minimum absolute atomic E-state index is 0.137. The van der Waals surface area contributed by atoms with E-state index in [4.69, 9.17) is 0 Å². The summed E-state index contributed by atoms with van der Waals surface area (Å²) in [5, 5.41) is 0.251. The summed E-state index contributed by atoms with van der Waals surface area (Å²) in [6.07, 6.45) is 2.49. The number of aromatic nitrogens is 2. The molecule has 2 rings (SSSR count). The van der Waals surface area contributed by atoms with E-state index in [-0.39, 0.29) is 16.5 Å². The van der Waals surface area contributed by atoms with Gasteiger partial charge < -0.3 is 4.98 Å². The van der Waals surface area contributed by atoms with Crippen LogP contribution in [0.1, 0.15) is 0 Å². The van der Waals surface area contributed by atoms with Gasteiger partial charge in [-0.05, 0) is 12.1 Å². The Morgan fingerprint density at radius 3 is 3.08 bits per heavy atom. The highest BCUT2D eigenvalue weighted by Gasteiger charge is 2.02. The fourth-order valence-corrected chi connectivity index (χ4v) is 1.05. The molecule has 0 aromatic carbocycles. The predicted molar refractivity (Wildman–Crippen MR) is 42.3 cm³/mol. The number of aromatic amines is 1. The third kappa shape index (κ3) is 0.887. The van der Waals surface area contributed by atoms with Crippen LogP contribution in [0.2, 0.25) is 0 Å². The molecule has 0 amide bonds. The topological polar surface area (TPSA) is 45.8 Å². The standard InChI is InChI=1S/C8H5FN2O/c9-6-4-11-8(12)7-5(6)2-1-3-10-7/h1-4H,(H,11,12). The molecule has 0 atom stereocenters. The molecule has 0 fully saturated rings. The van der Waals surface area contributed by atoms with Crippen molar-refractivity contribution >= 4 is 10.9 Å². The average Bonchev–Trinajstić information content (AvgIpc) is 2.12. The van der Waals surface area contributed by atoms with Gasteiger partial charge in [0.15, 0.2) is 0 Å². The first-order valence-electron chi connectivity index (χ1n) is 3.41. The highest BCUT2D eigenvalue weighted by Crippen LogP contribution is 2.08. The second-order valence-electron chi connectivity index (χ2n) is 2.37. The Hall–Kier alpha value is -1.71. The SMILES string of the molecule is O=c1[nH]cc(F)c2cccnc12. The summed E-state index contributed by atoms with van der Waals surface area (Å²) in [5.41, 5.74) is -0.232. The quantitative estimate of drug-likeness (QED) is 0.632. The smallest absolute Gasteiger partial charge is 0.274 e. The maximum atomic E-state index is 13.0. The molecular weight excluding hydrogens is 159 g/mol. The second-order valence-corrected chi connectivity index (χ2v) is 2.37. The normalized spacial score (nSPS) is 10.4. The summed E-state index contributed by atoms with van der Waals surface area (Å²) in [6.45, 7) is 0. The van der Waals surface area contributed by atoms with Crippen molar-refractivity contribution in [2.45, 2.75) is 0 Å². The van der Waals surface area contributed by atoms with E-state index in [9.17, 15) is 9.18 Å². The maximum absolute atomic E-state index is 13.0. The van der Waals surface area contributed by atoms with Crippen molar-refractivity contribution in [3.63, 3.8) is 0 Å². The van der Waals surface area contributed by atoms with Gasteiger partial charge >= 0.3 is 0 Å². The molecule has 0 bridgehead atoms. The molecule has 0 unspecified atom stereocenters. The van der Waals surface area contributed by atoms with Crippen molar-refractivity contribution in [1.82, 2.24) is 9.97 Å². The van der Waals surface area contributed by atoms with E-state index >= 15 is 0 Å². The van der Waals surface area contributed by atoms with Gasteiger partial charge in [-0.3, -0.25) is 9.78 Å². The largest absolute Gasteiger partial charge is 0.324 e. The van der Waals surface area contributed by atoms with Gasteiger partial charge in [0.25, 0.3) is 5.56 Å². The number of hydrogen-bond donors (Lipinski definition) is 1. The molecular formula is C8H5FN2O. The highest BCUT2D eigenvalue weighted by atomic mass is 19.1. The summed E-state index contributed by atoms with van der Waals surface area (Å²) >= 11 is 0. The predicted octanol–water partition coefficient (Wildman–Crippen LogP) is 1.06. The Bertz CT molecular complexity index is 478. The van der Waals surface area contributed by atoms with Crippen LogP contribution in [0.15, 0.2) is 29.3 Å². The number of pyridine rings is 2. The van der Waals surface area contributed by atoms with Gasteiger partial charge in [-0.1, -0.05) is 0 Å². The zero-order valence-electron chi connectivity index (χ0n) is 6.04. The lowest BCUT2D eigenvalue weighted by Crippen LogP contribution is -2.07. The lowest BCUT2D eigenvalue weighted by atomic mass is 10.2. The summed E-state index contributed by atoms with van der Waals surface area (Å²) in [5.74, 6) is -0.460. The Labute approximate surface area is 66.9 Å². The Balaban J connectivity index is 3.05. The van der Waals surface area contributed by atoms with Gasteiger partial charge in [-0.15, -0.1) is 0 Å². The van der Waals surface area contributed by atoms with Crippen LogP contribution in [0.5, 0.6) is 0 Å². The minimum atomic E-state index is -0.460. The van der Waals surface area contributed by atoms with E-state index in [1.54, 1.807) is 6.07 Å². The van der Waals surface area contributed by atoms with E-state index in [0.29, 0.717) is 0 Å². The van der Waals surface area contributed by atoms with Crippen LogP contribution in [-0.2, 0) is 0 Å². The molecule has 0 saturated heterocycles. The number of halogens is 1. The molecule has 0 aliphatic heterocycles. The highest BCUT2D eigenvalue weighted by molar-refractivity contribution is 5.77. The number of H-pyrrole nitrogens is 1. The van der Waals surface area contributed by atoms with Gasteiger partial charge in [0.1, 0.15) is 11.3 Å². The first-order valence-corrected chi connectivity index (χ1v) is 3.41.